The molecule has 3 rings (SSSR count). The predicted octanol–water partition coefficient (Wildman–Crippen LogP) is 1.89. The van der Waals surface area contributed by atoms with Crippen LogP contribution in [0.2, 0.25) is 0 Å². The van der Waals surface area contributed by atoms with Gasteiger partial charge in [0.2, 0.25) is 0 Å². The topological polar surface area (TPSA) is 98.1 Å². The Labute approximate surface area is 158 Å². The number of aromatic nitrogens is 2. The molecule has 1 atom stereocenters. The molecule has 0 saturated carbocycles. The van der Waals surface area contributed by atoms with Crippen molar-refractivity contribution >= 4 is 26.5 Å². The number of carbonyl (C=O) groups excluding carboxylic acids is 1. The third-order valence-electron chi connectivity index (χ3n) is 4.97. The Bertz CT molecular complexity index is 1030. The molecule has 1 aliphatic rings. The highest BCUT2D eigenvalue weighted by atomic mass is 32.2. The molecule has 1 amide bonds. The normalized spacial score (nSPS) is 21.4. The van der Waals surface area contributed by atoms with Crippen molar-refractivity contribution in [2.75, 3.05) is 11.5 Å². The summed E-state index contributed by atoms with van der Waals surface area (Å²) >= 11 is 0. The molecule has 1 aliphatic heterocycles. The fraction of sp³-hybridized carbons (Fsp3) is 0.526. The molecule has 2 heterocycles. The van der Waals surface area contributed by atoms with Gasteiger partial charge in [-0.05, 0) is 25.8 Å². The van der Waals surface area contributed by atoms with E-state index in [1.54, 1.807) is 31.2 Å². The quantitative estimate of drug-likeness (QED) is 0.759. The van der Waals surface area contributed by atoms with Crippen molar-refractivity contribution in [1.82, 2.24) is 15.1 Å². The van der Waals surface area contributed by atoms with Gasteiger partial charge in [-0.3, -0.25) is 9.59 Å². The van der Waals surface area contributed by atoms with E-state index in [0.29, 0.717) is 23.7 Å². The first-order chi connectivity index (χ1) is 12.7. The first-order valence-electron chi connectivity index (χ1n) is 9.27. The highest BCUT2D eigenvalue weighted by molar-refractivity contribution is 7.91. The lowest BCUT2D eigenvalue weighted by molar-refractivity contribution is 0.0909. The number of nitrogens with one attached hydrogen (secondary N) is 1. The van der Waals surface area contributed by atoms with Gasteiger partial charge in [0.05, 0.1) is 22.4 Å². The maximum atomic E-state index is 12.9. The highest BCUT2D eigenvalue weighted by Gasteiger charge is 2.40. The summed E-state index contributed by atoms with van der Waals surface area (Å²) in [6.45, 7) is 4.25. The van der Waals surface area contributed by atoms with Gasteiger partial charge in [0.1, 0.15) is 0 Å². The Morgan fingerprint density at radius 3 is 2.59 bits per heavy atom. The van der Waals surface area contributed by atoms with Crippen molar-refractivity contribution in [1.29, 1.82) is 0 Å². The van der Waals surface area contributed by atoms with Crippen molar-refractivity contribution in [2.24, 2.45) is 0 Å². The van der Waals surface area contributed by atoms with Gasteiger partial charge in [-0.25, -0.2) is 13.1 Å². The molecule has 1 aromatic heterocycles. The van der Waals surface area contributed by atoms with Crippen LogP contribution in [0.5, 0.6) is 0 Å². The second-order valence-corrected chi connectivity index (χ2v) is 9.67. The molecular formula is C19H25N3O4S. The molecule has 0 spiro atoms. The van der Waals surface area contributed by atoms with Crippen LogP contribution < -0.4 is 10.9 Å². The Morgan fingerprint density at radius 2 is 1.96 bits per heavy atom. The van der Waals surface area contributed by atoms with Gasteiger partial charge in [-0.2, -0.15) is 5.10 Å². The third kappa shape index (κ3) is 4.21. The maximum Gasteiger partial charge on any atom is 0.274 e. The van der Waals surface area contributed by atoms with Crippen LogP contribution in [0.3, 0.4) is 0 Å². The van der Waals surface area contributed by atoms with E-state index < -0.39 is 21.3 Å². The van der Waals surface area contributed by atoms with Gasteiger partial charge in [0, 0.05) is 11.9 Å². The van der Waals surface area contributed by atoms with Crippen molar-refractivity contribution in [2.45, 2.75) is 51.6 Å². The van der Waals surface area contributed by atoms with Crippen LogP contribution >= 0.6 is 0 Å². The third-order valence-corrected chi connectivity index (χ3v) is 6.88. The van der Waals surface area contributed by atoms with Crippen LogP contribution in [0.25, 0.3) is 10.8 Å². The summed E-state index contributed by atoms with van der Waals surface area (Å²) in [6.07, 6.45) is 3.16. The van der Waals surface area contributed by atoms with Gasteiger partial charge in [0.15, 0.2) is 15.5 Å². The molecule has 0 bridgehead atoms. The van der Waals surface area contributed by atoms with Gasteiger partial charge in [-0.15, -0.1) is 0 Å². The number of hydrogen-bond donors (Lipinski definition) is 1. The molecule has 1 N–H and O–H groups in total. The summed E-state index contributed by atoms with van der Waals surface area (Å²) < 4.78 is 25.0. The zero-order valence-corrected chi connectivity index (χ0v) is 16.5. The summed E-state index contributed by atoms with van der Waals surface area (Å²) in [6, 6.07) is 6.90. The summed E-state index contributed by atoms with van der Waals surface area (Å²) in [4.78, 5) is 25.6. The fourth-order valence-electron chi connectivity index (χ4n) is 3.51. The van der Waals surface area contributed by atoms with Crippen LogP contribution in [0, 0.1) is 0 Å². The Balaban J connectivity index is 1.98. The number of nitrogens with zero attached hydrogens (tertiary/aromatic N) is 2. The van der Waals surface area contributed by atoms with E-state index in [1.165, 1.54) is 4.68 Å². The average Bonchev–Trinajstić information content (AvgIpc) is 2.90. The first-order valence-corrected chi connectivity index (χ1v) is 11.1. The van der Waals surface area contributed by atoms with Crippen molar-refractivity contribution in [3.05, 3.63) is 40.3 Å². The number of amides is 1. The van der Waals surface area contributed by atoms with Gasteiger partial charge in [0.25, 0.3) is 11.5 Å². The SMILES string of the molecule is CCCCCn1nc(C(=O)N[C@]2(C)CCS(=O)(=O)C2)c2ccccc2c1=O. The van der Waals surface area contributed by atoms with Crippen molar-refractivity contribution in [3.8, 4) is 0 Å². The Hall–Kier alpha value is -2.22. The number of carbonyl (C=O) groups is 1. The van der Waals surface area contributed by atoms with E-state index in [9.17, 15) is 18.0 Å². The van der Waals surface area contributed by atoms with E-state index in [1.807, 2.05) is 0 Å². The van der Waals surface area contributed by atoms with Crippen LogP contribution in [-0.2, 0) is 16.4 Å². The second kappa shape index (κ2) is 7.42. The Kier molecular flexibility index (Phi) is 5.37. The van der Waals surface area contributed by atoms with Crippen molar-refractivity contribution < 1.29 is 13.2 Å². The van der Waals surface area contributed by atoms with Crippen LogP contribution in [0.1, 0.15) is 50.0 Å². The monoisotopic (exact) mass is 391 g/mol. The molecule has 1 aromatic carbocycles. The van der Waals surface area contributed by atoms with E-state index in [-0.39, 0.29) is 22.8 Å². The minimum atomic E-state index is -3.14. The van der Waals surface area contributed by atoms with E-state index in [4.69, 9.17) is 0 Å². The molecule has 7 nitrogen and oxygen atoms in total. The molecule has 8 heteroatoms. The number of rotatable bonds is 6. The lowest BCUT2D eigenvalue weighted by atomic mass is 10.0. The number of benzene rings is 1. The van der Waals surface area contributed by atoms with Crippen LogP contribution in [0.15, 0.2) is 29.1 Å². The van der Waals surface area contributed by atoms with E-state index in [0.717, 1.165) is 19.3 Å². The molecule has 2 aromatic rings. The molecule has 1 saturated heterocycles. The number of aryl methyl sites for hydroxylation is 1. The smallest absolute Gasteiger partial charge is 0.274 e. The maximum absolute atomic E-state index is 12.9. The van der Waals surface area contributed by atoms with Gasteiger partial charge >= 0.3 is 0 Å². The van der Waals surface area contributed by atoms with E-state index >= 15 is 0 Å². The van der Waals surface area contributed by atoms with Crippen LogP contribution in [0.4, 0.5) is 0 Å². The largest absolute Gasteiger partial charge is 0.344 e. The minimum absolute atomic E-state index is 0.0640. The zero-order chi connectivity index (χ0) is 19.7. The summed E-state index contributed by atoms with van der Waals surface area (Å²) in [5.41, 5.74) is -0.873. The second-order valence-electron chi connectivity index (χ2n) is 7.49. The summed E-state index contributed by atoms with van der Waals surface area (Å²) in [5, 5.41) is 8.09. The molecule has 0 unspecified atom stereocenters. The number of unbranched alkanes of at least 4 members (excludes halogenated alkanes) is 2. The van der Waals surface area contributed by atoms with Gasteiger partial charge < -0.3 is 5.32 Å². The molecule has 146 valence electrons. The summed E-state index contributed by atoms with van der Waals surface area (Å²) in [5.74, 6) is -0.469. The lowest BCUT2D eigenvalue weighted by Crippen LogP contribution is -2.47. The Morgan fingerprint density at radius 1 is 1.26 bits per heavy atom. The fourth-order valence-corrected chi connectivity index (χ4v) is 5.60. The van der Waals surface area contributed by atoms with Crippen LogP contribution in [-0.4, -0.2) is 41.2 Å². The van der Waals surface area contributed by atoms with Crippen molar-refractivity contribution in [3.63, 3.8) is 0 Å². The molecule has 1 fully saturated rings. The zero-order valence-electron chi connectivity index (χ0n) is 15.7. The predicted molar refractivity (Wildman–Crippen MR) is 105 cm³/mol. The first kappa shape index (κ1) is 19.5. The number of sulfone groups is 1. The number of hydrogen-bond acceptors (Lipinski definition) is 5. The lowest BCUT2D eigenvalue weighted by Gasteiger charge is -2.24. The number of fused-ring (bicyclic) bond motifs is 1. The van der Waals surface area contributed by atoms with E-state index in [2.05, 4.69) is 17.3 Å². The van der Waals surface area contributed by atoms with Gasteiger partial charge in [-0.1, -0.05) is 38.0 Å². The molecule has 27 heavy (non-hydrogen) atoms. The standard InChI is InChI=1S/C19H25N3O4S/c1-3-4-7-11-22-18(24)15-9-6-5-8-14(15)16(21-22)17(23)20-19(2)10-12-27(25,26)13-19/h5-6,8-9H,3-4,7,10-13H2,1-2H3,(H,20,23)/t19-/m1/s1. The average molecular weight is 391 g/mol. The minimum Gasteiger partial charge on any atom is -0.344 e. The highest BCUT2D eigenvalue weighted by Crippen LogP contribution is 2.24. The molecule has 0 aliphatic carbocycles. The summed E-state index contributed by atoms with van der Waals surface area (Å²) in [7, 11) is -3.14. The molecule has 0 radical (unpaired) electrons. The molecular weight excluding hydrogens is 366 g/mol.